The van der Waals surface area contributed by atoms with Crippen LogP contribution >= 0.6 is 0 Å². The van der Waals surface area contributed by atoms with Crippen molar-refractivity contribution in [3.8, 4) is 11.5 Å². The first-order valence-electron chi connectivity index (χ1n) is 8.53. The molecule has 2 fully saturated rings. The van der Waals surface area contributed by atoms with E-state index in [1.54, 1.807) is 37.3 Å². The van der Waals surface area contributed by atoms with Gasteiger partial charge in [-0.15, -0.1) is 0 Å². The lowest BCUT2D eigenvalue weighted by Gasteiger charge is -2.27. The van der Waals surface area contributed by atoms with Crippen LogP contribution in [0.5, 0.6) is 11.5 Å². The van der Waals surface area contributed by atoms with Crippen LogP contribution in [0.1, 0.15) is 6.42 Å². The van der Waals surface area contributed by atoms with E-state index in [0.29, 0.717) is 50.0 Å². The Balaban J connectivity index is 1.58. The van der Waals surface area contributed by atoms with Crippen molar-refractivity contribution < 1.29 is 23.8 Å². The largest absolute Gasteiger partial charge is 0.493 e. The predicted molar refractivity (Wildman–Crippen MR) is 94.4 cm³/mol. The molecule has 2 aliphatic heterocycles. The van der Waals surface area contributed by atoms with Crippen molar-refractivity contribution in [2.75, 3.05) is 52.0 Å². The first-order valence-corrected chi connectivity index (χ1v) is 8.53. The number of benzene rings is 1. The van der Waals surface area contributed by atoms with Gasteiger partial charge in [-0.05, 0) is 12.1 Å². The van der Waals surface area contributed by atoms with Gasteiger partial charge in [0.2, 0.25) is 5.91 Å². The fourth-order valence-electron chi connectivity index (χ4n) is 3.08. The molecule has 3 rings (SSSR count). The lowest BCUT2D eigenvalue weighted by atomic mass is 10.2. The van der Waals surface area contributed by atoms with Gasteiger partial charge in [-0.1, -0.05) is 0 Å². The summed E-state index contributed by atoms with van der Waals surface area (Å²) in [7, 11) is 3.11. The van der Waals surface area contributed by atoms with E-state index in [4.69, 9.17) is 14.2 Å². The second-order valence-corrected chi connectivity index (χ2v) is 6.13. The van der Waals surface area contributed by atoms with E-state index in [2.05, 4.69) is 10.7 Å². The van der Waals surface area contributed by atoms with Crippen LogP contribution in [-0.2, 0) is 9.53 Å². The maximum absolute atomic E-state index is 12.4. The number of hydrogen-bond donors (Lipinski definition) is 2. The van der Waals surface area contributed by atoms with Crippen LogP contribution in [0.2, 0.25) is 0 Å². The number of carbonyl (C=O) groups excluding carboxylic acids is 2. The van der Waals surface area contributed by atoms with Gasteiger partial charge >= 0.3 is 6.03 Å². The molecule has 0 aromatic heterocycles. The number of amides is 3. The fraction of sp³-hybridized carbons (Fsp3) is 0.529. The van der Waals surface area contributed by atoms with Crippen LogP contribution in [0.25, 0.3) is 0 Å². The number of urea groups is 1. The monoisotopic (exact) mass is 364 g/mol. The van der Waals surface area contributed by atoms with Crippen LogP contribution in [0.4, 0.5) is 10.5 Å². The highest BCUT2D eigenvalue weighted by atomic mass is 16.5. The number of rotatable bonds is 5. The molecule has 1 unspecified atom stereocenters. The zero-order valence-electron chi connectivity index (χ0n) is 15.0. The van der Waals surface area contributed by atoms with Gasteiger partial charge in [0.1, 0.15) is 0 Å². The minimum absolute atomic E-state index is 0.0473. The number of hydrogen-bond acceptors (Lipinski definition) is 6. The minimum atomic E-state index is -0.307. The molecule has 0 spiro atoms. The van der Waals surface area contributed by atoms with E-state index in [1.807, 2.05) is 5.01 Å². The van der Waals surface area contributed by atoms with Gasteiger partial charge in [-0.3, -0.25) is 10.2 Å². The number of carbonyl (C=O) groups is 2. The van der Waals surface area contributed by atoms with E-state index in [-0.39, 0.29) is 24.4 Å². The average molecular weight is 364 g/mol. The second kappa shape index (κ2) is 8.24. The number of nitrogens with zero attached hydrogens (tertiary/aromatic N) is 2. The zero-order chi connectivity index (χ0) is 18.5. The standard InChI is InChI=1S/C17H24N4O5/c1-24-14-4-3-13(10-15(14)25-2)21-11-12(9-16(21)22)18-17(23)19-20-5-7-26-8-6-20/h3-4,10,12H,5-9,11H2,1-2H3,(H2,18,19,23). The zero-order valence-corrected chi connectivity index (χ0v) is 15.0. The number of ether oxygens (including phenoxy) is 3. The molecule has 142 valence electrons. The highest BCUT2D eigenvalue weighted by Gasteiger charge is 2.32. The molecule has 0 bridgehead atoms. The molecule has 1 aromatic rings. The molecular formula is C17H24N4O5. The van der Waals surface area contributed by atoms with E-state index in [1.165, 1.54) is 0 Å². The topological polar surface area (TPSA) is 92.4 Å². The summed E-state index contributed by atoms with van der Waals surface area (Å²) in [5.41, 5.74) is 3.50. The molecule has 9 heteroatoms. The number of hydrazine groups is 1. The maximum atomic E-state index is 12.4. The summed E-state index contributed by atoms with van der Waals surface area (Å²) >= 11 is 0. The smallest absolute Gasteiger partial charge is 0.329 e. The van der Waals surface area contributed by atoms with E-state index in [9.17, 15) is 9.59 Å². The number of morpholine rings is 1. The number of methoxy groups -OCH3 is 2. The van der Waals surface area contributed by atoms with Crippen molar-refractivity contribution >= 4 is 17.6 Å². The van der Waals surface area contributed by atoms with Crippen LogP contribution < -0.4 is 25.1 Å². The van der Waals surface area contributed by atoms with Gasteiger partial charge in [-0.2, -0.15) is 0 Å². The number of nitrogens with one attached hydrogen (secondary N) is 2. The highest BCUT2D eigenvalue weighted by Crippen LogP contribution is 2.33. The Bertz CT molecular complexity index is 663. The van der Waals surface area contributed by atoms with Crippen molar-refractivity contribution in [3.63, 3.8) is 0 Å². The molecule has 26 heavy (non-hydrogen) atoms. The first kappa shape index (κ1) is 18.3. The fourth-order valence-corrected chi connectivity index (χ4v) is 3.08. The molecule has 0 radical (unpaired) electrons. The Morgan fingerprint density at radius 1 is 1.19 bits per heavy atom. The van der Waals surface area contributed by atoms with Gasteiger partial charge < -0.3 is 24.4 Å². The Morgan fingerprint density at radius 3 is 2.62 bits per heavy atom. The maximum Gasteiger partial charge on any atom is 0.329 e. The second-order valence-electron chi connectivity index (χ2n) is 6.13. The van der Waals surface area contributed by atoms with Crippen molar-refractivity contribution in [1.82, 2.24) is 15.8 Å². The van der Waals surface area contributed by atoms with Crippen LogP contribution in [-0.4, -0.2) is 70.1 Å². The summed E-state index contributed by atoms with van der Waals surface area (Å²) in [4.78, 5) is 26.1. The third kappa shape index (κ3) is 4.17. The predicted octanol–water partition coefficient (Wildman–Crippen LogP) is 0.356. The molecule has 2 saturated heterocycles. The quantitative estimate of drug-likeness (QED) is 0.784. The lowest BCUT2D eigenvalue weighted by molar-refractivity contribution is -0.117. The molecule has 3 amide bonds. The summed E-state index contributed by atoms with van der Waals surface area (Å²) in [6.45, 7) is 2.89. The van der Waals surface area contributed by atoms with Gasteiger partial charge in [0.25, 0.3) is 0 Å². The summed E-state index contributed by atoms with van der Waals surface area (Å²) in [6.07, 6.45) is 0.255. The van der Waals surface area contributed by atoms with Gasteiger partial charge in [-0.25, -0.2) is 9.80 Å². The van der Waals surface area contributed by atoms with Crippen LogP contribution in [0.3, 0.4) is 0 Å². The molecule has 2 N–H and O–H groups in total. The Hall–Kier alpha value is -2.52. The lowest BCUT2D eigenvalue weighted by Crippen LogP contribution is -2.53. The van der Waals surface area contributed by atoms with Gasteiger partial charge in [0.05, 0.1) is 33.5 Å². The first-order chi connectivity index (χ1) is 12.6. The number of anilines is 1. The summed E-state index contributed by atoms with van der Waals surface area (Å²) in [6, 6.07) is 4.76. The molecule has 1 atom stereocenters. The normalized spacial score (nSPS) is 20.8. The van der Waals surface area contributed by atoms with Crippen molar-refractivity contribution in [1.29, 1.82) is 0 Å². The SMILES string of the molecule is COc1ccc(N2CC(NC(=O)NN3CCOCC3)CC2=O)cc1OC. The molecule has 9 nitrogen and oxygen atoms in total. The van der Waals surface area contributed by atoms with Crippen LogP contribution in [0, 0.1) is 0 Å². The summed E-state index contributed by atoms with van der Waals surface area (Å²) in [5, 5.41) is 4.66. The summed E-state index contributed by atoms with van der Waals surface area (Å²) in [5.74, 6) is 1.11. The van der Waals surface area contributed by atoms with Crippen molar-refractivity contribution in [3.05, 3.63) is 18.2 Å². The molecular weight excluding hydrogens is 340 g/mol. The average Bonchev–Trinajstić information content (AvgIpc) is 3.01. The Labute approximate surface area is 152 Å². The van der Waals surface area contributed by atoms with E-state index < -0.39 is 0 Å². The molecule has 0 saturated carbocycles. The molecule has 2 heterocycles. The highest BCUT2D eigenvalue weighted by molar-refractivity contribution is 5.97. The van der Waals surface area contributed by atoms with Crippen molar-refractivity contribution in [2.24, 2.45) is 0 Å². The third-order valence-corrected chi connectivity index (χ3v) is 4.41. The molecule has 0 aliphatic carbocycles. The van der Waals surface area contributed by atoms with Crippen molar-refractivity contribution in [2.45, 2.75) is 12.5 Å². The summed E-state index contributed by atoms with van der Waals surface area (Å²) < 4.78 is 15.8. The Morgan fingerprint density at radius 2 is 1.92 bits per heavy atom. The minimum Gasteiger partial charge on any atom is -0.493 e. The van der Waals surface area contributed by atoms with Gasteiger partial charge in [0, 0.05) is 37.8 Å². The van der Waals surface area contributed by atoms with Crippen LogP contribution in [0.15, 0.2) is 18.2 Å². The van der Waals surface area contributed by atoms with Gasteiger partial charge in [0.15, 0.2) is 11.5 Å². The van der Waals surface area contributed by atoms with E-state index >= 15 is 0 Å². The molecule has 2 aliphatic rings. The molecule has 1 aromatic carbocycles. The van der Waals surface area contributed by atoms with E-state index in [0.717, 1.165) is 0 Å². The third-order valence-electron chi connectivity index (χ3n) is 4.41. The Kier molecular flexibility index (Phi) is 5.79.